The molecule has 0 aliphatic carbocycles. The van der Waals surface area contributed by atoms with E-state index in [-0.39, 0.29) is 11.9 Å². The highest BCUT2D eigenvalue weighted by Gasteiger charge is 2.24. The first kappa shape index (κ1) is 12.1. The third kappa shape index (κ3) is 2.84. The van der Waals surface area contributed by atoms with Crippen molar-refractivity contribution in [3.63, 3.8) is 0 Å². The Labute approximate surface area is 104 Å². The monoisotopic (exact) mass is 304 g/mol. The van der Waals surface area contributed by atoms with Crippen molar-refractivity contribution in [3.8, 4) is 0 Å². The molecule has 1 aromatic carbocycles. The van der Waals surface area contributed by atoms with Gasteiger partial charge in [-0.3, -0.25) is 0 Å². The third-order valence-corrected chi connectivity index (χ3v) is 4.93. The van der Waals surface area contributed by atoms with Crippen LogP contribution >= 0.6 is 15.9 Å². The molecule has 2 rings (SSSR count). The summed E-state index contributed by atoms with van der Waals surface area (Å²) >= 11 is 3.28. The maximum atomic E-state index is 12.0. The molecule has 0 bridgehead atoms. The summed E-state index contributed by atoms with van der Waals surface area (Å²) in [5.74, 6) is 0.0919. The van der Waals surface area contributed by atoms with Gasteiger partial charge in [-0.25, -0.2) is 8.42 Å². The van der Waals surface area contributed by atoms with Crippen LogP contribution in [0.25, 0.3) is 0 Å². The summed E-state index contributed by atoms with van der Waals surface area (Å²) in [7, 11) is -3.21. The van der Waals surface area contributed by atoms with Gasteiger partial charge in [-0.15, -0.1) is 0 Å². The van der Waals surface area contributed by atoms with E-state index in [0.717, 1.165) is 17.3 Å². The molecule has 3 nitrogen and oxygen atoms in total. The molecule has 0 aromatic heterocycles. The second kappa shape index (κ2) is 4.85. The predicted molar refractivity (Wildman–Crippen MR) is 65.2 cm³/mol. The van der Waals surface area contributed by atoms with Gasteiger partial charge in [0.2, 0.25) is 0 Å². The van der Waals surface area contributed by atoms with Gasteiger partial charge in [0, 0.05) is 11.1 Å². The molecule has 1 heterocycles. The number of hydrogen-bond donors (Lipinski definition) is 0. The van der Waals surface area contributed by atoms with E-state index < -0.39 is 9.84 Å². The first-order valence-corrected chi connectivity index (χ1v) is 7.62. The van der Waals surface area contributed by atoms with Crippen LogP contribution in [0.5, 0.6) is 0 Å². The summed E-state index contributed by atoms with van der Waals surface area (Å²) < 4.78 is 30.2. The second-order valence-electron chi connectivity index (χ2n) is 3.87. The summed E-state index contributed by atoms with van der Waals surface area (Å²) in [6.07, 6.45) is 1.67. The molecule has 0 spiro atoms. The lowest BCUT2D eigenvalue weighted by atomic mass is 10.3. The van der Waals surface area contributed by atoms with Crippen LogP contribution in [0.1, 0.15) is 12.8 Å². The van der Waals surface area contributed by atoms with Gasteiger partial charge < -0.3 is 4.74 Å². The van der Waals surface area contributed by atoms with Crippen LogP contribution in [0.3, 0.4) is 0 Å². The van der Waals surface area contributed by atoms with E-state index in [1.807, 2.05) is 0 Å². The molecule has 0 radical (unpaired) electrons. The summed E-state index contributed by atoms with van der Waals surface area (Å²) in [4.78, 5) is 0.367. The lowest BCUT2D eigenvalue weighted by molar-refractivity contribution is 0.127. The van der Waals surface area contributed by atoms with Crippen molar-refractivity contribution in [1.82, 2.24) is 0 Å². The lowest BCUT2D eigenvalue weighted by Crippen LogP contribution is -2.20. The molecular weight excluding hydrogens is 292 g/mol. The molecule has 1 atom stereocenters. The smallest absolute Gasteiger partial charge is 0.180 e. The van der Waals surface area contributed by atoms with Crippen molar-refractivity contribution in [2.75, 3.05) is 12.4 Å². The van der Waals surface area contributed by atoms with Crippen molar-refractivity contribution in [1.29, 1.82) is 0 Å². The molecule has 16 heavy (non-hydrogen) atoms. The largest absolute Gasteiger partial charge is 0.377 e. The maximum Gasteiger partial charge on any atom is 0.180 e. The second-order valence-corrected chi connectivity index (χ2v) is 6.82. The first-order valence-electron chi connectivity index (χ1n) is 5.18. The number of benzene rings is 1. The van der Waals surface area contributed by atoms with Gasteiger partial charge in [0.05, 0.1) is 16.8 Å². The van der Waals surface area contributed by atoms with Gasteiger partial charge in [0.15, 0.2) is 9.84 Å². The van der Waals surface area contributed by atoms with Crippen LogP contribution in [0.15, 0.2) is 33.6 Å². The van der Waals surface area contributed by atoms with Crippen molar-refractivity contribution >= 4 is 25.8 Å². The summed E-state index contributed by atoms with van der Waals surface area (Å²) in [5.41, 5.74) is 0. The van der Waals surface area contributed by atoms with Gasteiger partial charge in [0.25, 0.3) is 0 Å². The number of rotatable bonds is 3. The van der Waals surface area contributed by atoms with Crippen molar-refractivity contribution < 1.29 is 13.2 Å². The molecule has 1 unspecified atom stereocenters. The minimum Gasteiger partial charge on any atom is -0.377 e. The van der Waals surface area contributed by atoms with Crippen LogP contribution in [0, 0.1) is 0 Å². The molecule has 0 N–H and O–H groups in total. The van der Waals surface area contributed by atoms with Gasteiger partial charge in [0.1, 0.15) is 0 Å². The zero-order chi connectivity index (χ0) is 11.6. The maximum absolute atomic E-state index is 12.0. The van der Waals surface area contributed by atoms with E-state index in [0.29, 0.717) is 11.5 Å². The molecule has 1 saturated heterocycles. The Hall–Kier alpha value is -0.390. The SMILES string of the molecule is O=S(=O)(CC1CCCO1)c1ccc(Br)cc1. The minimum absolute atomic E-state index is 0.0919. The summed E-state index contributed by atoms with van der Waals surface area (Å²) in [6, 6.07) is 6.72. The zero-order valence-electron chi connectivity index (χ0n) is 8.73. The third-order valence-electron chi connectivity index (χ3n) is 2.60. The van der Waals surface area contributed by atoms with Crippen molar-refractivity contribution in [2.45, 2.75) is 23.8 Å². The van der Waals surface area contributed by atoms with E-state index >= 15 is 0 Å². The molecule has 0 amide bonds. The van der Waals surface area contributed by atoms with E-state index in [1.54, 1.807) is 24.3 Å². The standard InChI is InChI=1S/C11H13BrO3S/c12-9-3-5-11(6-4-9)16(13,14)8-10-2-1-7-15-10/h3-6,10H,1-2,7-8H2. The summed E-state index contributed by atoms with van der Waals surface area (Å²) in [5, 5.41) is 0. The fourth-order valence-electron chi connectivity index (χ4n) is 1.76. The molecule has 1 aliphatic heterocycles. The Morgan fingerprint density at radius 1 is 1.31 bits per heavy atom. The normalized spacial score (nSPS) is 21.2. The molecule has 1 fully saturated rings. The van der Waals surface area contributed by atoms with E-state index in [4.69, 9.17) is 4.74 Å². The van der Waals surface area contributed by atoms with Crippen LogP contribution in [0.2, 0.25) is 0 Å². The Bertz CT molecular complexity index is 447. The van der Waals surface area contributed by atoms with Crippen LogP contribution in [0.4, 0.5) is 0 Å². The zero-order valence-corrected chi connectivity index (χ0v) is 11.1. The molecular formula is C11H13BrO3S. The minimum atomic E-state index is -3.21. The van der Waals surface area contributed by atoms with Gasteiger partial charge in [-0.2, -0.15) is 0 Å². The van der Waals surface area contributed by atoms with Gasteiger partial charge in [-0.05, 0) is 37.1 Å². The Morgan fingerprint density at radius 3 is 2.56 bits per heavy atom. The van der Waals surface area contributed by atoms with Gasteiger partial charge in [-0.1, -0.05) is 15.9 Å². The number of hydrogen-bond acceptors (Lipinski definition) is 3. The van der Waals surface area contributed by atoms with Crippen LogP contribution in [-0.2, 0) is 14.6 Å². The van der Waals surface area contributed by atoms with E-state index in [2.05, 4.69) is 15.9 Å². The molecule has 5 heteroatoms. The highest BCUT2D eigenvalue weighted by atomic mass is 79.9. The first-order chi connectivity index (χ1) is 7.58. The van der Waals surface area contributed by atoms with Crippen molar-refractivity contribution in [2.24, 2.45) is 0 Å². The highest BCUT2D eigenvalue weighted by Crippen LogP contribution is 2.20. The molecule has 0 saturated carbocycles. The highest BCUT2D eigenvalue weighted by molar-refractivity contribution is 9.10. The molecule has 88 valence electrons. The number of sulfone groups is 1. The van der Waals surface area contributed by atoms with Gasteiger partial charge >= 0.3 is 0 Å². The average Bonchev–Trinajstić information content (AvgIpc) is 2.70. The number of halogens is 1. The fraction of sp³-hybridized carbons (Fsp3) is 0.455. The fourth-order valence-corrected chi connectivity index (χ4v) is 3.52. The average molecular weight is 305 g/mol. The lowest BCUT2D eigenvalue weighted by Gasteiger charge is -2.10. The number of ether oxygens (including phenoxy) is 1. The Balaban J connectivity index is 2.14. The van der Waals surface area contributed by atoms with Crippen molar-refractivity contribution in [3.05, 3.63) is 28.7 Å². The van der Waals surface area contributed by atoms with E-state index in [1.165, 1.54) is 0 Å². The Morgan fingerprint density at radius 2 is 2.00 bits per heavy atom. The van der Waals surface area contributed by atoms with Crippen LogP contribution in [-0.4, -0.2) is 26.9 Å². The predicted octanol–water partition coefficient (Wildman–Crippen LogP) is 2.40. The molecule has 1 aliphatic rings. The van der Waals surface area contributed by atoms with E-state index in [9.17, 15) is 8.42 Å². The Kier molecular flexibility index (Phi) is 3.66. The molecule has 1 aromatic rings. The van der Waals surface area contributed by atoms with Crippen LogP contribution < -0.4 is 0 Å². The topological polar surface area (TPSA) is 43.4 Å². The quantitative estimate of drug-likeness (QED) is 0.861. The summed E-state index contributed by atoms with van der Waals surface area (Å²) in [6.45, 7) is 0.681.